The lowest BCUT2D eigenvalue weighted by atomic mass is 9.85. The molecule has 0 spiro atoms. The van der Waals surface area contributed by atoms with Gasteiger partial charge in [-0.3, -0.25) is 34.2 Å². The molecule has 0 saturated carbocycles. The van der Waals surface area contributed by atoms with Gasteiger partial charge in [-0.15, -0.1) is 0 Å². The highest BCUT2D eigenvalue weighted by Gasteiger charge is 2.46. The van der Waals surface area contributed by atoms with E-state index in [9.17, 15) is 29.3 Å². The molecule has 10 heteroatoms. The number of nitro benzene ring substituents is 1. The van der Waals surface area contributed by atoms with E-state index in [0.717, 1.165) is 4.90 Å². The number of hydrogen-bond donors (Lipinski definition) is 1. The first-order valence-corrected chi connectivity index (χ1v) is 9.07. The quantitative estimate of drug-likeness (QED) is 0.240. The molecule has 0 bridgehead atoms. The average molecular weight is 401 g/mol. The Morgan fingerprint density at radius 1 is 1.10 bits per heavy atom. The van der Waals surface area contributed by atoms with Crippen LogP contribution in [0.2, 0.25) is 0 Å². The van der Waals surface area contributed by atoms with Crippen molar-refractivity contribution in [3.63, 3.8) is 0 Å². The summed E-state index contributed by atoms with van der Waals surface area (Å²) in [4.78, 5) is 59.4. The van der Waals surface area contributed by atoms with Crippen LogP contribution in [0.15, 0.2) is 36.4 Å². The van der Waals surface area contributed by atoms with Crippen LogP contribution in [-0.2, 0) is 23.9 Å². The molecule has 29 heavy (non-hydrogen) atoms. The Balaban J connectivity index is 1.42. The Hall–Kier alpha value is -3.56. The van der Waals surface area contributed by atoms with E-state index in [1.54, 1.807) is 0 Å². The molecule has 0 unspecified atom stereocenters. The highest BCUT2D eigenvalue weighted by Crippen LogP contribution is 2.35. The molecule has 1 heterocycles. The third-order valence-electron chi connectivity index (χ3n) is 4.86. The first-order chi connectivity index (χ1) is 13.9. The number of fused-ring (bicyclic) bond motifs is 1. The van der Waals surface area contributed by atoms with E-state index >= 15 is 0 Å². The van der Waals surface area contributed by atoms with Gasteiger partial charge >= 0.3 is 5.97 Å². The number of carbonyl (C=O) groups excluding carboxylic acids is 4. The van der Waals surface area contributed by atoms with Gasteiger partial charge in [0.05, 0.1) is 23.2 Å². The van der Waals surface area contributed by atoms with Crippen molar-refractivity contribution in [2.24, 2.45) is 11.8 Å². The lowest BCUT2D eigenvalue weighted by Crippen LogP contribution is -2.33. The van der Waals surface area contributed by atoms with Gasteiger partial charge in [0.25, 0.3) is 11.6 Å². The van der Waals surface area contributed by atoms with E-state index in [-0.39, 0.29) is 42.3 Å². The van der Waals surface area contributed by atoms with E-state index in [0.29, 0.717) is 18.5 Å². The van der Waals surface area contributed by atoms with Crippen molar-refractivity contribution in [3.05, 3.63) is 46.5 Å². The van der Waals surface area contributed by atoms with Crippen molar-refractivity contribution < 1.29 is 28.8 Å². The molecule has 1 N–H and O–H groups in total. The third-order valence-corrected chi connectivity index (χ3v) is 4.86. The molecule has 1 aromatic rings. The molecule has 152 valence electrons. The summed E-state index contributed by atoms with van der Waals surface area (Å²) in [6.45, 7) is -0.625. The summed E-state index contributed by atoms with van der Waals surface area (Å²) in [5.41, 5.74) is 0.206. The number of nitrogens with zero attached hydrogens (tertiary/aromatic N) is 2. The molecular formula is C19H19N3O7. The van der Waals surface area contributed by atoms with Crippen LogP contribution < -0.4 is 5.32 Å². The zero-order valence-electron chi connectivity index (χ0n) is 15.4. The second kappa shape index (κ2) is 8.63. The number of rotatable bonds is 7. The molecule has 2 atom stereocenters. The molecule has 0 radical (unpaired) electrons. The number of anilines is 1. The number of likely N-dealkylation sites (tertiary alicyclic amines) is 1. The molecular weight excluding hydrogens is 382 g/mol. The molecule has 10 nitrogen and oxygen atoms in total. The van der Waals surface area contributed by atoms with Gasteiger partial charge in [-0.25, -0.2) is 0 Å². The van der Waals surface area contributed by atoms with Gasteiger partial charge in [-0.1, -0.05) is 12.2 Å². The van der Waals surface area contributed by atoms with Gasteiger partial charge in [0.1, 0.15) is 0 Å². The largest absolute Gasteiger partial charge is 0.456 e. The number of benzene rings is 1. The topological polar surface area (TPSA) is 136 Å². The predicted molar refractivity (Wildman–Crippen MR) is 99.4 cm³/mol. The summed E-state index contributed by atoms with van der Waals surface area (Å²) in [5.74, 6) is -2.57. The average Bonchev–Trinajstić information content (AvgIpc) is 2.95. The van der Waals surface area contributed by atoms with Crippen molar-refractivity contribution in [1.82, 2.24) is 4.90 Å². The van der Waals surface area contributed by atoms with Gasteiger partial charge in [0.2, 0.25) is 11.8 Å². The summed E-state index contributed by atoms with van der Waals surface area (Å²) in [6.07, 6.45) is 4.62. The van der Waals surface area contributed by atoms with Crippen molar-refractivity contribution in [2.45, 2.75) is 19.3 Å². The Morgan fingerprint density at radius 3 is 2.24 bits per heavy atom. The van der Waals surface area contributed by atoms with E-state index in [1.165, 1.54) is 24.3 Å². The molecule has 0 aromatic heterocycles. The summed E-state index contributed by atoms with van der Waals surface area (Å²) in [5, 5.41) is 13.0. The standard InChI is InChI=1S/C19H19N3O7/c23-16(20-12-5-7-13(8-6-12)22(27)28)11-29-17(24)9-10-21-18(25)14-3-1-2-4-15(14)19(21)26/h1-2,5-8,14-15H,3-4,9-11H2,(H,20,23)/t14-,15-/m1/s1. The number of nitrogens with one attached hydrogen (secondary N) is 1. The third kappa shape index (κ3) is 4.65. The Bertz CT molecular complexity index is 852. The number of esters is 1. The lowest BCUT2D eigenvalue weighted by Gasteiger charge is -2.14. The molecule has 1 aliphatic carbocycles. The minimum absolute atomic E-state index is 0.0759. The van der Waals surface area contributed by atoms with Crippen LogP contribution in [-0.4, -0.2) is 46.7 Å². The zero-order chi connectivity index (χ0) is 21.0. The number of hydrogen-bond acceptors (Lipinski definition) is 7. The number of amides is 3. The van der Waals surface area contributed by atoms with Crippen molar-refractivity contribution in [2.75, 3.05) is 18.5 Å². The molecule has 2 aliphatic rings. The van der Waals surface area contributed by atoms with Crippen LogP contribution in [0.25, 0.3) is 0 Å². The number of nitro groups is 1. The van der Waals surface area contributed by atoms with Crippen molar-refractivity contribution in [3.8, 4) is 0 Å². The second-order valence-electron chi connectivity index (χ2n) is 6.75. The highest BCUT2D eigenvalue weighted by molar-refractivity contribution is 6.05. The van der Waals surface area contributed by atoms with Gasteiger partial charge in [-0.05, 0) is 25.0 Å². The first-order valence-electron chi connectivity index (χ1n) is 9.07. The minimum atomic E-state index is -0.711. The maximum atomic E-state index is 12.3. The van der Waals surface area contributed by atoms with Gasteiger partial charge in [-0.2, -0.15) is 0 Å². The molecule has 1 fully saturated rings. The van der Waals surface area contributed by atoms with Crippen LogP contribution in [0.3, 0.4) is 0 Å². The maximum Gasteiger partial charge on any atom is 0.308 e. The minimum Gasteiger partial charge on any atom is -0.456 e. The molecule has 1 aromatic carbocycles. The van der Waals surface area contributed by atoms with Gasteiger partial charge < -0.3 is 10.1 Å². The van der Waals surface area contributed by atoms with Crippen molar-refractivity contribution in [1.29, 1.82) is 0 Å². The molecule has 3 amide bonds. The number of non-ortho nitro benzene ring substituents is 1. The fraction of sp³-hybridized carbons (Fsp3) is 0.368. The number of allylic oxidation sites excluding steroid dienone is 2. The highest BCUT2D eigenvalue weighted by atomic mass is 16.6. The van der Waals surface area contributed by atoms with E-state index in [1.807, 2.05) is 12.2 Å². The predicted octanol–water partition coefficient (Wildman–Crippen LogP) is 1.42. The summed E-state index contributed by atoms with van der Waals surface area (Å²) >= 11 is 0. The fourth-order valence-electron chi connectivity index (χ4n) is 3.37. The van der Waals surface area contributed by atoms with Gasteiger partial charge in [0.15, 0.2) is 6.61 Å². The summed E-state index contributed by atoms with van der Waals surface area (Å²) in [6, 6.07) is 5.19. The maximum absolute atomic E-state index is 12.3. The lowest BCUT2D eigenvalue weighted by molar-refractivity contribution is -0.384. The number of imide groups is 1. The normalized spacial score (nSPS) is 20.3. The van der Waals surface area contributed by atoms with E-state index in [4.69, 9.17) is 4.74 Å². The van der Waals surface area contributed by atoms with E-state index in [2.05, 4.69) is 5.32 Å². The monoisotopic (exact) mass is 401 g/mol. The van der Waals surface area contributed by atoms with Crippen molar-refractivity contribution >= 4 is 35.1 Å². The van der Waals surface area contributed by atoms with E-state index < -0.39 is 23.4 Å². The van der Waals surface area contributed by atoms with Crippen LogP contribution >= 0.6 is 0 Å². The molecule has 1 aliphatic heterocycles. The number of carbonyl (C=O) groups is 4. The zero-order valence-corrected chi connectivity index (χ0v) is 15.4. The Labute approximate surface area is 165 Å². The SMILES string of the molecule is O=C(COC(=O)CCN1C(=O)[C@@H]2CC=CC[C@H]2C1=O)Nc1ccc([N+](=O)[O-])cc1. The van der Waals surface area contributed by atoms with Crippen LogP contribution in [0.4, 0.5) is 11.4 Å². The second-order valence-corrected chi connectivity index (χ2v) is 6.75. The molecule has 3 rings (SSSR count). The summed E-state index contributed by atoms with van der Waals surface area (Å²) < 4.78 is 4.87. The molecule has 1 saturated heterocycles. The van der Waals surface area contributed by atoms with Gasteiger partial charge in [0, 0.05) is 24.4 Å². The Morgan fingerprint density at radius 2 is 1.69 bits per heavy atom. The Kier molecular flexibility index (Phi) is 6.01. The summed E-state index contributed by atoms with van der Waals surface area (Å²) in [7, 11) is 0. The van der Waals surface area contributed by atoms with Crippen LogP contribution in [0, 0.1) is 22.0 Å². The van der Waals surface area contributed by atoms with Crippen LogP contribution in [0.1, 0.15) is 19.3 Å². The fourth-order valence-corrected chi connectivity index (χ4v) is 3.37. The first kappa shape index (κ1) is 20.2. The smallest absolute Gasteiger partial charge is 0.308 e. The van der Waals surface area contributed by atoms with Crippen LogP contribution in [0.5, 0.6) is 0 Å². The number of ether oxygens (including phenoxy) is 1.